The molecule has 2 aromatic carbocycles. The van der Waals surface area contributed by atoms with Gasteiger partial charge in [-0.05, 0) is 67.0 Å². The Morgan fingerprint density at radius 1 is 0.960 bits per heavy atom. The molecular formula is C23H27NO. The van der Waals surface area contributed by atoms with Gasteiger partial charge in [0.25, 0.3) is 0 Å². The Hall–Kier alpha value is -2.09. The first kappa shape index (κ1) is 16.4. The number of carbonyl (C=O) groups excluding carboxylic acids is 1. The summed E-state index contributed by atoms with van der Waals surface area (Å²) in [5, 5.41) is 0. The van der Waals surface area contributed by atoms with Crippen molar-refractivity contribution in [3.05, 3.63) is 58.1 Å². The van der Waals surface area contributed by atoms with Gasteiger partial charge in [0.2, 0.25) is 5.91 Å². The Morgan fingerprint density at radius 3 is 2.28 bits per heavy atom. The van der Waals surface area contributed by atoms with Gasteiger partial charge in [-0.15, -0.1) is 0 Å². The number of amides is 1. The van der Waals surface area contributed by atoms with Crippen molar-refractivity contribution >= 4 is 5.91 Å². The van der Waals surface area contributed by atoms with Gasteiger partial charge < -0.3 is 4.90 Å². The molecule has 0 radical (unpaired) electrons. The number of hydrogen-bond acceptors (Lipinski definition) is 1. The summed E-state index contributed by atoms with van der Waals surface area (Å²) in [6.07, 6.45) is 4.59. The van der Waals surface area contributed by atoms with E-state index in [1.807, 2.05) is 0 Å². The zero-order valence-corrected chi connectivity index (χ0v) is 15.6. The third kappa shape index (κ3) is 2.88. The lowest BCUT2D eigenvalue weighted by Gasteiger charge is -2.19. The summed E-state index contributed by atoms with van der Waals surface area (Å²) in [7, 11) is 0. The van der Waals surface area contributed by atoms with Crippen LogP contribution in [0, 0.1) is 26.7 Å². The third-order valence-electron chi connectivity index (χ3n) is 6.13. The van der Waals surface area contributed by atoms with E-state index in [-0.39, 0.29) is 5.92 Å². The molecule has 0 aromatic heterocycles. The van der Waals surface area contributed by atoms with Crippen LogP contribution in [-0.2, 0) is 17.9 Å². The van der Waals surface area contributed by atoms with E-state index in [1.165, 1.54) is 51.8 Å². The van der Waals surface area contributed by atoms with Gasteiger partial charge in [-0.3, -0.25) is 4.79 Å². The number of aryl methyl sites for hydroxylation is 2. The van der Waals surface area contributed by atoms with Gasteiger partial charge in [0.1, 0.15) is 0 Å². The summed E-state index contributed by atoms with van der Waals surface area (Å²) in [4.78, 5) is 15.0. The predicted molar refractivity (Wildman–Crippen MR) is 102 cm³/mol. The second kappa shape index (κ2) is 6.33. The van der Waals surface area contributed by atoms with Crippen molar-refractivity contribution in [2.45, 2.75) is 59.5 Å². The number of rotatable bonds is 2. The molecule has 2 heteroatoms. The van der Waals surface area contributed by atoms with Crippen LogP contribution in [0.15, 0.2) is 30.3 Å². The Labute approximate surface area is 150 Å². The fourth-order valence-electron chi connectivity index (χ4n) is 4.53. The van der Waals surface area contributed by atoms with Crippen molar-refractivity contribution in [1.82, 2.24) is 4.90 Å². The monoisotopic (exact) mass is 333 g/mol. The van der Waals surface area contributed by atoms with E-state index in [0.717, 1.165) is 25.9 Å². The molecular weight excluding hydrogens is 306 g/mol. The van der Waals surface area contributed by atoms with Crippen molar-refractivity contribution in [3.63, 3.8) is 0 Å². The van der Waals surface area contributed by atoms with Crippen molar-refractivity contribution in [2.24, 2.45) is 5.92 Å². The number of nitrogens with zero attached hydrogens (tertiary/aromatic N) is 1. The Kier molecular flexibility index (Phi) is 4.15. The summed E-state index contributed by atoms with van der Waals surface area (Å²) in [5.74, 6) is 0.649. The van der Waals surface area contributed by atoms with Gasteiger partial charge in [-0.2, -0.15) is 0 Å². The summed E-state index contributed by atoms with van der Waals surface area (Å²) in [5.41, 5.74) is 9.28. The van der Waals surface area contributed by atoms with E-state index in [0.29, 0.717) is 5.91 Å². The van der Waals surface area contributed by atoms with Gasteiger partial charge in [0, 0.05) is 19.0 Å². The average Bonchev–Trinajstić information content (AvgIpc) is 3.28. The van der Waals surface area contributed by atoms with E-state index >= 15 is 0 Å². The fourth-order valence-corrected chi connectivity index (χ4v) is 4.53. The van der Waals surface area contributed by atoms with Crippen LogP contribution >= 0.6 is 0 Å². The van der Waals surface area contributed by atoms with Crippen LogP contribution in [0.2, 0.25) is 0 Å². The predicted octanol–water partition coefficient (Wildman–Crippen LogP) is 5.31. The first-order chi connectivity index (χ1) is 12.0. The highest BCUT2D eigenvalue weighted by Gasteiger charge is 2.32. The van der Waals surface area contributed by atoms with E-state index in [4.69, 9.17) is 0 Å². The smallest absolute Gasteiger partial charge is 0.226 e. The quantitative estimate of drug-likeness (QED) is 0.729. The van der Waals surface area contributed by atoms with Crippen LogP contribution in [0.5, 0.6) is 0 Å². The molecule has 1 aliphatic carbocycles. The van der Waals surface area contributed by atoms with Gasteiger partial charge in [0.15, 0.2) is 0 Å². The zero-order chi connectivity index (χ0) is 17.6. The van der Waals surface area contributed by atoms with Gasteiger partial charge in [-0.25, -0.2) is 0 Å². The lowest BCUT2D eigenvalue weighted by atomic mass is 9.91. The largest absolute Gasteiger partial charge is 0.334 e. The second-order valence-corrected chi connectivity index (χ2v) is 7.86. The maximum absolute atomic E-state index is 12.9. The summed E-state index contributed by atoms with van der Waals surface area (Å²) in [6, 6.07) is 11.1. The molecule has 1 aliphatic heterocycles. The standard InChI is InChI=1S/C23H27NO/c1-15-8-10-18(11-9-15)20-12-16(2)21-13-24(14-22(21)17(20)3)23(25)19-6-4-5-7-19/h8-12,19H,4-7,13-14H2,1-3H3. The van der Waals surface area contributed by atoms with Crippen molar-refractivity contribution < 1.29 is 4.79 Å². The Balaban J connectivity index is 1.67. The molecule has 0 bridgehead atoms. The highest BCUT2D eigenvalue weighted by molar-refractivity contribution is 5.81. The molecule has 2 aromatic rings. The highest BCUT2D eigenvalue weighted by Crippen LogP contribution is 2.37. The maximum Gasteiger partial charge on any atom is 0.226 e. The molecule has 0 N–H and O–H groups in total. The SMILES string of the molecule is Cc1ccc(-c2cc(C)c3c(c2C)CN(C(=O)C2CCCC2)C3)cc1. The number of benzene rings is 2. The van der Waals surface area contributed by atoms with E-state index in [1.54, 1.807) is 0 Å². The number of carbonyl (C=O) groups is 1. The van der Waals surface area contributed by atoms with Crippen molar-refractivity contribution in [3.8, 4) is 11.1 Å². The highest BCUT2D eigenvalue weighted by atomic mass is 16.2. The lowest BCUT2D eigenvalue weighted by Crippen LogP contribution is -2.30. The van der Waals surface area contributed by atoms with Crippen LogP contribution in [0.1, 0.15) is 53.5 Å². The van der Waals surface area contributed by atoms with Crippen molar-refractivity contribution in [1.29, 1.82) is 0 Å². The molecule has 1 fully saturated rings. The van der Waals surface area contributed by atoms with Crippen LogP contribution < -0.4 is 0 Å². The first-order valence-electron chi connectivity index (χ1n) is 9.52. The summed E-state index contributed by atoms with van der Waals surface area (Å²) >= 11 is 0. The zero-order valence-electron chi connectivity index (χ0n) is 15.6. The van der Waals surface area contributed by atoms with E-state index in [2.05, 4.69) is 56.0 Å². The molecule has 0 atom stereocenters. The van der Waals surface area contributed by atoms with Gasteiger partial charge in [0.05, 0.1) is 0 Å². The van der Waals surface area contributed by atoms with Crippen LogP contribution in [-0.4, -0.2) is 10.8 Å². The molecule has 1 saturated carbocycles. The Morgan fingerprint density at radius 2 is 1.60 bits per heavy atom. The van der Waals surface area contributed by atoms with Crippen LogP contribution in [0.4, 0.5) is 0 Å². The van der Waals surface area contributed by atoms with Gasteiger partial charge in [-0.1, -0.05) is 48.7 Å². The summed E-state index contributed by atoms with van der Waals surface area (Å²) in [6.45, 7) is 8.12. The molecule has 2 nitrogen and oxygen atoms in total. The molecule has 4 rings (SSSR count). The molecule has 0 unspecified atom stereocenters. The van der Waals surface area contributed by atoms with Crippen LogP contribution in [0.3, 0.4) is 0 Å². The normalized spacial score (nSPS) is 17.2. The molecule has 130 valence electrons. The summed E-state index contributed by atoms with van der Waals surface area (Å²) < 4.78 is 0. The lowest BCUT2D eigenvalue weighted by molar-refractivity contribution is -0.135. The molecule has 25 heavy (non-hydrogen) atoms. The second-order valence-electron chi connectivity index (χ2n) is 7.86. The molecule has 1 heterocycles. The minimum absolute atomic E-state index is 0.270. The van der Waals surface area contributed by atoms with E-state index in [9.17, 15) is 4.79 Å². The Bertz CT molecular complexity index is 813. The number of hydrogen-bond donors (Lipinski definition) is 0. The van der Waals surface area contributed by atoms with Crippen molar-refractivity contribution in [2.75, 3.05) is 0 Å². The molecule has 1 amide bonds. The minimum Gasteiger partial charge on any atom is -0.334 e. The molecule has 0 saturated heterocycles. The molecule has 2 aliphatic rings. The number of fused-ring (bicyclic) bond motifs is 1. The van der Waals surface area contributed by atoms with Gasteiger partial charge >= 0.3 is 0 Å². The molecule has 0 spiro atoms. The topological polar surface area (TPSA) is 20.3 Å². The first-order valence-corrected chi connectivity index (χ1v) is 9.52. The fraction of sp³-hybridized carbons (Fsp3) is 0.435. The van der Waals surface area contributed by atoms with Crippen LogP contribution in [0.25, 0.3) is 11.1 Å². The average molecular weight is 333 g/mol. The van der Waals surface area contributed by atoms with E-state index < -0.39 is 0 Å². The maximum atomic E-state index is 12.9. The third-order valence-corrected chi connectivity index (χ3v) is 6.13. The minimum atomic E-state index is 0.270.